The fraction of sp³-hybridized carbons (Fsp3) is 0.133. The monoisotopic (exact) mass is 450 g/mol. The molecule has 0 radical (unpaired) electrons. The van der Waals surface area contributed by atoms with E-state index in [2.05, 4.69) is 117 Å². The summed E-state index contributed by atoms with van der Waals surface area (Å²) < 4.78 is 0. The van der Waals surface area contributed by atoms with Gasteiger partial charge in [0.05, 0.1) is 0 Å². The van der Waals surface area contributed by atoms with E-state index in [1.54, 1.807) is 0 Å². The lowest BCUT2D eigenvalue weighted by atomic mass is 9.86. The number of fused-ring (bicyclic) bond motifs is 2. The molecule has 0 fully saturated rings. The maximum atomic E-state index is 2.43. The van der Waals surface area contributed by atoms with E-state index in [4.69, 9.17) is 0 Å². The number of allylic oxidation sites excluding steroid dienone is 5. The second-order valence-corrected chi connectivity index (χ2v) is 10.7. The average molecular weight is 451 g/mol. The highest BCUT2D eigenvalue weighted by atomic mass is 33.1. The standard InChI is InChI=1S/C30H26S2/c1-21-17-29-27(19-25(21)15-13-23-9-5-3-6-10-23)28-20-26(22(2)18-30(28)32-31-29)16-14-24-11-7-4-8-12-24/h3-17,19-20,22H,18H2,1-2H3/b15-13+,16-14+. The minimum atomic E-state index is 0.534. The van der Waals surface area contributed by atoms with Crippen LogP contribution in [0.25, 0.3) is 23.8 Å². The molecule has 1 unspecified atom stereocenters. The number of hydrogen-bond donors (Lipinski definition) is 0. The fourth-order valence-corrected chi connectivity index (χ4v) is 6.88. The van der Waals surface area contributed by atoms with Gasteiger partial charge in [-0.2, -0.15) is 0 Å². The van der Waals surface area contributed by atoms with Crippen LogP contribution in [0.15, 0.2) is 100 Å². The molecule has 1 heterocycles. The third-order valence-corrected chi connectivity index (χ3v) is 8.67. The van der Waals surface area contributed by atoms with E-state index in [1.807, 2.05) is 21.6 Å². The first kappa shape index (κ1) is 21.2. The Balaban J connectivity index is 1.50. The van der Waals surface area contributed by atoms with Crippen LogP contribution in [0.1, 0.15) is 41.2 Å². The second-order valence-electron chi connectivity index (χ2n) is 8.45. The van der Waals surface area contributed by atoms with Crippen molar-refractivity contribution < 1.29 is 0 Å². The van der Waals surface area contributed by atoms with E-state index in [-0.39, 0.29) is 0 Å². The SMILES string of the molecule is Cc1cc2c(cc1/C=C/c1ccccc1)C1=C(CC(C)C(/C=C/c3ccccc3)=C1)SS2. The Hall–Kier alpha value is -2.68. The minimum Gasteiger partial charge on any atom is -0.0622 e. The lowest BCUT2D eigenvalue weighted by Crippen LogP contribution is -2.08. The highest BCUT2D eigenvalue weighted by Gasteiger charge is 2.26. The molecule has 0 nitrogen and oxygen atoms in total. The molecule has 0 spiro atoms. The molecule has 0 saturated carbocycles. The molecule has 3 aromatic carbocycles. The van der Waals surface area contributed by atoms with E-state index in [0.29, 0.717) is 5.92 Å². The molecule has 2 aliphatic rings. The molecule has 0 bridgehead atoms. The molecule has 1 aliphatic carbocycles. The molecule has 1 aliphatic heterocycles. The van der Waals surface area contributed by atoms with Crippen LogP contribution in [0.5, 0.6) is 0 Å². The summed E-state index contributed by atoms with van der Waals surface area (Å²) >= 11 is 0. The van der Waals surface area contributed by atoms with Gasteiger partial charge in [0, 0.05) is 9.80 Å². The molecular weight excluding hydrogens is 424 g/mol. The zero-order valence-electron chi connectivity index (χ0n) is 18.4. The lowest BCUT2D eigenvalue weighted by Gasteiger charge is -2.28. The van der Waals surface area contributed by atoms with E-state index in [9.17, 15) is 0 Å². The van der Waals surface area contributed by atoms with Crippen molar-refractivity contribution in [3.63, 3.8) is 0 Å². The van der Waals surface area contributed by atoms with Crippen molar-refractivity contribution in [2.45, 2.75) is 25.2 Å². The van der Waals surface area contributed by atoms with Gasteiger partial charge < -0.3 is 0 Å². The summed E-state index contributed by atoms with van der Waals surface area (Å²) in [6.45, 7) is 4.56. The highest BCUT2D eigenvalue weighted by molar-refractivity contribution is 8.78. The van der Waals surface area contributed by atoms with Crippen LogP contribution in [-0.2, 0) is 0 Å². The number of hydrogen-bond acceptors (Lipinski definition) is 2. The molecule has 5 rings (SSSR count). The predicted molar refractivity (Wildman–Crippen MR) is 144 cm³/mol. The summed E-state index contributed by atoms with van der Waals surface area (Å²) in [7, 11) is 3.86. The Morgan fingerprint density at radius 3 is 2.12 bits per heavy atom. The van der Waals surface area contributed by atoms with Gasteiger partial charge in [-0.25, -0.2) is 0 Å². The minimum absolute atomic E-state index is 0.534. The summed E-state index contributed by atoms with van der Waals surface area (Å²) in [5, 5.41) is 0. The smallest absolute Gasteiger partial charge is 0.0268 e. The van der Waals surface area contributed by atoms with Crippen molar-refractivity contribution in [1.29, 1.82) is 0 Å². The van der Waals surface area contributed by atoms with Crippen molar-refractivity contribution in [2.24, 2.45) is 5.92 Å². The van der Waals surface area contributed by atoms with Crippen molar-refractivity contribution in [2.75, 3.05) is 0 Å². The van der Waals surface area contributed by atoms with Gasteiger partial charge in [-0.05, 0) is 70.4 Å². The molecule has 158 valence electrons. The Morgan fingerprint density at radius 2 is 1.44 bits per heavy atom. The van der Waals surface area contributed by atoms with Gasteiger partial charge >= 0.3 is 0 Å². The maximum Gasteiger partial charge on any atom is 0.0268 e. The van der Waals surface area contributed by atoms with Crippen molar-refractivity contribution >= 4 is 45.4 Å². The number of rotatable bonds is 4. The third kappa shape index (κ3) is 4.57. The van der Waals surface area contributed by atoms with Crippen LogP contribution >= 0.6 is 21.6 Å². The normalized spacial score (nSPS) is 18.1. The van der Waals surface area contributed by atoms with Crippen LogP contribution in [0.2, 0.25) is 0 Å². The molecule has 0 N–H and O–H groups in total. The zero-order valence-corrected chi connectivity index (χ0v) is 20.0. The molecule has 32 heavy (non-hydrogen) atoms. The average Bonchev–Trinajstić information content (AvgIpc) is 2.83. The molecule has 1 atom stereocenters. The van der Waals surface area contributed by atoms with Gasteiger partial charge in [-0.15, -0.1) is 0 Å². The maximum absolute atomic E-state index is 2.43. The van der Waals surface area contributed by atoms with Gasteiger partial charge in [-0.3, -0.25) is 0 Å². The summed E-state index contributed by atoms with van der Waals surface area (Å²) in [6.07, 6.45) is 12.5. The molecule has 0 aromatic heterocycles. The van der Waals surface area contributed by atoms with Crippen LogP contribution in [0.3, 0.4) is 0 Å². The van der Waals surface area contributed by atoms with Gasteiger partial charge in [0.1, 0.15) is 0 Å². The molecule has 2 heteroatoms. The largest absolute Gasteiger partial charge is 0.0622 e. The fourth-order valence-electron chi connectivity index (χ4n) is 4.17. The number of aryl methyl sites for hydroxylation is 1. The lowest BCUT2D eigenvalue weighted by molar-refractivity contribution is 0.701. The molecule has 0 amide bonds. The first-order chi connectivity index (χ1) is 15.7. The predicted octanol–water partition coefficient (Wildman–Crippen LogP) is 9.31. The summed E-state index contributed by atoms with van der Waals surface area (Å²) in [4.78, 5) is 2.88. The van der Waals surface area contributed by atoms with E-state index in [0.717, 1.165) is 6.42 Å². The first-order valence-corrected chi connectivity index (χ1v) is 13.2. The van der Waals surface area contributed by atoms with Crippen LogP contribution in [0.4, 0.5) is 0 Å². The Labute approximate surface area is 199 Å². The zero-order chi connectivity index (χ0) is 21.9. The van der Waals surface area contributed by atoms with E-state index >= 15 is 0 Å². The van der Waals surface area contributed by atoms with Crippen molar-refractivity contribution in [3.05, 3.63) is 123 Å². The molecule has 0 saturated heterocycles. The quantitative estimate of drug-likeness (QED) is 0.287. The van der Waals surface area contributed by atoms with Gasteiger partial charge in [0.2, 0.25) is 0 Å². The first-order valence-electron chi connectivity index (χ1n) is 11.1. The summed E-state index contributed by atoms with van der Waals surface area (Å²) in [5.74, 6) is 0.534. The van der Waals surface area contributed by atoms with Crippen LogP contribution in [-0.4, -0.2) is 0 Å². The van der Waals surface area contributed by atoms with Crippen LogP contribution < -0.4 is 0 Å². The van der Waals surface area contributed by atoms with Crippen LogP contribution in [0, 0.1) is 12.8 Å². The van der Waals surface area contributed by atoms with Gasteiger partial charge in [-0.1, -0.05) is 120 Å². The molecule has 3 aromatic rings. The van der Waals surface area contributed by atoms with E-state index in [1.165, 1.54) is 48.8 Å². The topological polar surface area (TPSA) is 0 Å². The number of benzene rings is 3. The van der Waals surface area contributed by atoms with Gasteiger partial charge in [0.15, 0.2) is 0 Å². The molecular formula is C30H26S2. The summed E-state index contributed by atoms with van der Waals surface area (Å²) in [6, 6.07) is 25.8. The van der Waals surface area contributed by atoms with Crippen molar-refractivity contribution in [3.8, 4) is 0 Å². The second kappa shape index (κ2) is 9.44. The Morgan fingerprint density at radius 1 is 0.781 bits per heavy atom. The van der Waals surface area contributed by atoms with E-state index < -0.39 is 0 Å². The third-order valence-electron chi connectivity index (χ3n) is 6.09. The Bertz CT molecular complexity index is 1240. The highest BCUT2D eigenvalue weighted by Crippen LogP contribution is 2.54. The summed E-state index contributed by atoms with van der Waals surface area (Å²) in [5.41, 5.74) is 9.29. The Kier molecular flexibility index (Phi) is 6.25. The van der Waals surface area contributed by atoms with Gasteiger partial charge in [0.25, 0.3) is 0 Å². The van der Waals surface area contributed by atoms with Crippen molar-refractivity contribution in [1.82, 2.24) is 0 Å².